The molecule has 1 aromatic carbocycles. The molecule has 1 heterocycles. The molecular formula is C13H14N2O2. The van der Waals surface area contributed by atoms with Crippen LogP contribution in [0.3, 0.4) is 0 Å². The van der Waals surface area contributed by atoms with Crippen molar-refractivity contribution in [3.05, 3.63) is 42.6 Å². The number of aromatic nitrogens is 1. The van der Waals surface area contributed by atoms with Crippen molar-refractivity contribution in [1.29, 1.82) is 0 Å². The predicted octanol–water partition coefficient (Wildman–Crippen LogP) is 2.05. The third-order valence-electron chi connectivity index (χ3n) is 2.35. The van der Waals surface area contributed by atoms with Crippen LogP contribution in [0, 0.1) is 0 Å². The lowest BCUT2D eigenvalue weighted by Gasteiger charge is -2.06. The van der Waals surface area contributed by atoms with Gasteiger partial charge < -0.3 is 9.47 Å². The number of nitrogens with two attached hydrogens (primary N) is 1. The van der Waals surface area contributed by atoms with E-state index in [9.17, 15) is 0 Å². The quantitative estimate of drug-likeness (QED) is 0.817. The third-order valence-corrected chi connectivity index (χ3v) is 2.35. The average Bonchev–Trinajstić information content (AvgIpc) is 2.40. The Hall–Kier alpha value is -2.07. The molecule has 0 amide bonds. The molecule has 2 rings (SSSR count). The summed E-state index contributed by atoms with van der Waals surface area (Å²) in [6.07, 6.45) is 1.69. The summed E-state index contributed by atoms with van der Waals surface area (Å²) in [7, 11) is 1.64. The zero-order chi connectivity index (χ0) is 12.1. The fourth-order valence-corrected chi connectivity index (χ4v) is 1.54. The van der Waals surface area contributed by atoms with Crippen LogP contribution in [-0.2, 0) is 0 Å². The summed E-state index contributed by atoms with van der Waals surface area (Å²) in [5, 5.41) is 0. The molecule has 0 aliphatic rings. The third kappa shape index (κ3) is 2.73. The molecule has 0 aliphatic heterocycles. The zero-order valence-electron chi connectivity index (χ0n) is 9.59. The van der Waals surface area contributed by atoms with Crippen LogP contribution in [0.2, 0.25) is 0 Å². The summed E-state index contributed by atoms with van der Waals surface area (Å²) in [6.45, 7) is 0.154. The SMILES string of the molecule is COc1cccc(-c2cc(OCN)ccn2)c1. The normalized spacial score (nSPS) is 10.0. The minimum atomic E-state index is 0.154. The number of benzene rings is 1. The Balaban J connectivity index is 2.34. The van der Waals surface area contributed by atoms with Gasteiger partial charge in [0.1, 0.15) is 18.2 Å². The van der Waals surface area contributed by atoms with Gasteiger partial charge in [-0.25, -0.2) is 0 Å². The summed E-state index contributed by atoms with van der Waals surface area (Å²) in [5.41, 5.74) is 7.14. The Labute approximate surface area is 100 Å². The molecule has 0 atom stereocenters. The van der Waals surface area contributed by atoms with Crippen LogP contribution in [-0.4, -0.2) is 18.8 Å². The van der Waals surface area contributed by atoms with Crippen molar-refractivity contribution in [3.8, 4) is 22.8 Å². The van der Waals surface area contributed by atoms with Crippen molar-refractivity contribution < 1.29 is 9.47 Å². The van der Waals surface area contributed by atoms with Gasteiger partial charge in [0.15, 0.2) is 0 Å². The number of ether oxygens (including phenoxy) is 2. The lowest BCUT2D eigenvalue weighted by Crippen LogP contribution is -2.07. The fourth-order valence-electron chi connectivity index (χ4n) is 1.54. The topological polar surface area (TPSA) is 57.4 Å². The van der Waals surface area contributed by atoms with E-state index in [2.05, 4.69) is 4.98 Å². The van der Waals surface area contributed by atoms with Crippen molar-refractivity contribution in [2.24, 2.45) is 5.73 Å². The van der Waals surface area contributed by atoms with Crippen molar-refractivity contribution in [2.45, 2.75) is 0 Å². The Morgan fingerprint density at radius 2 is 2.06 bits per heavy atom. The van der Waals surface area contributed by atoms with Gasteiger partial charge >= 0.3 is 0 Å². The minimum absolute atomic E-state index is 0.154. The van der Waals surface area contributed by atoms with Gasteiger partial charge in [0, 0.05) is 17.8 Å². The van der Waals surface area contributed by atoms with Crippen molar-refractivity contribution in [3.63, 3.8) is 0 Å². The molecule has 0 saturated carbocycles. The van der Waals surface area contributed by atoms with Crippen molar-refractivity contribution in [2.75, 3.05) is 13.8 Å². The van der Waals surface area contributed by atoms with Crippen LogP contribution < -0.4 is 15.2 Å². The Morgan fingerprint density at radius 3 is 2.82 bits per heavy atom. The van der Waals surface area contributed by atoms with Crippen LogP contribution in [0.25, 0.3) is 11.3 Å². The van der Waals surface area contributed by atoms with E-state index in [1.54, 1.807) is 19.4 Å². The van der Waals surface area contributed by atoms with Gasteiger partial charge in [0.05, 0.1) is 12.8 Å². The summed E-state index contributed by atoms with van der Waals surface area (Å²) < 4.78 is 10.4. The molecule has 0 radical (unpaired) electrons. The van der Waals surface area contributed by atoms with E-state index in [0.717, 1.165) is 17.0 Å². The van der Waals surface area contributed by atoms with Crippen LogP contribution in [0.15, 0.2) is 42.6 Å². The van der Waals surface area contributed by atoms with Crippen LogP contribution in [0.5, 0.6) is 11.5 Å². The van der Waals surface area contributed by atoms with Crippen molar-refractivity contribution in [1.82, 2.24) is 4.98 Å². The van der Waals surface area contributed by atoms with Gasteiger partial charge in [-0.2, -0.15) is 0 Å². The Kier molecular flexibility index (Phi) is 3.57. The molecule has 17 heavy (non-hydrogen) atoms. The lowest BCUT2D eigenvalue weighted by molar-refractivity contribution is 0.329. The van der Waals surface area contributed by atoms with E-state index in [1.807, 2.05) is 30.3 Å². The standard InChI is InChI=1S/C13H14N2O2/c1-16-11-4-2-3-10(7-11)13-8-12(17-9-14)5-6-15-13/h2-8H,9,14H2,1H3. The molecule has 2 aromatic rings. The van der Waals surface area contributed by atoms with Crippen LogP contribution in [0.4, 0.5) is 0 Å². The second-order valence-corrected chi connectivity index (χ2v) is 3.42. The Bertz CT molecular complexity index is 500. The fraction of sp³-hybridized carbons (Fsp3) is 0.154. The molecule has 0 bridgehead atoms. The van der Waals surface area contributed by atoms with Gasteiger partial charge in [-0.15, -0.1) is 0 Å². The molecule has 0 fully saturated rings. The Morgan fingerprint density at radius 1 is 1.18 bits per heavy atom. The lowest BCUT2D eigenvalue weighted by atomic mass is 10.1. The average molecular weight is 230 g/mol. The second-order valence-electron chi connectivity index (χ2n) is 3.42. The second kappa shape index (κ2) is 5.32. The van der Waals surface area contributed by atoms with Gasteiger partial charge in [0.2, 0.25) is 0 Å². The maximum Gasteiger partial charge on any atom is 0.137 e. The molecule has 0 aliphatic carbocycles. The van der Waals surface area contributed by atoms with Crippen molar-refractivity contribution >= 4 is 0 Å². The summed E-state index contributed by atoms with van der Waals surface area (Å²) in [5.74, 6) is 1.51. The molecular weight excluding hydrogens is 216 g/mol. The highest BCUT2D eigenvalue weighted by Gasteiger charge is 2.02. The highest BCUT2D eigenvalue weighted by atomic mass is 16.5. The molecule has 4 nitrogen and oxygen atoms in total. The zero-order valence-corrected chi connectivity index (χ0v) is 9.59. The highest BCUT2D eigenvalue weighted by molar-refractivity contribution is 5.62. The molecule has 0 spiro atoms. The highest BCUT2D eigenvalue weighted by Crippen LogP contribution is 2.24. The molecule has 2 N–H and O–H groups in total. The largest absolute Gasteiger partial charge is 0.497 e. The number of hydrogen-bond acceptors (Lipinski definition) is 4. The number of nitrogens with zero attached hydrogens (tertiary/aromatic N) is 1. The maximum atomic E-state index is 5.33. The first-order chi connectivity index (χ1) is 8.33. The first kappa shape index (κ1) is 11.4. The number of pyridine rings is 1. The van der Waals surface area contributed by atoms with Gasteiger partial charge in [-0.05, 0) is 18.2 Å². The van der Waals surface area contributed by atoms with E-state index >= 15 is 0 Å². The smallest absolute Gasteiger partial charge is 0.137 e. The maximum absolute atomic E-state index is 5.33. The first-order valence-electron chi connectivity index (χ1n) is 5.27. The summed E-state index contributed by atoms with van der Waals surface area (Å²) >= 11 is 0. The molecule has 0 unspecified atom stereocenters. The van der Waals surface area contributed by atoms with Gasteiger partial charge in [0.25, 0.3) is 0 Å². The van der Waals surface area contributed by atoms with Gasteiger partial charge in [-0.1, -0.05) is 12.1 Å². The van der Waals surface area contributed by atoms with Crippen LogP contribution >= 0.6 is 0 Å². The summed E-state index contributed by atoms with van der Waals surface area (Å²) in [6, 6.07) is 11.3. The number of methoxy groups -OCH3 is 1. The predicted molar refractivity (Wildman–Crippen MR) is 65.9 cm³/mol. The first-order valence-corrected chi connectivity index (χ1v) is 5.27. The van der Waals surface area contributed by atoms with E-state index < -0.39 is 0 Å². The van der Waals surface area contributed by atoms with E-state index in [-0.39, 0.29) is 6.73 Å². The molecule has 1 aromatic heterocycles. The van der Waals surface area contributed by atoms with Gasteiger partial charge in [-0.3, -0.25) is 10.7 Å². The van der Waals surface area contributed by atoms with E-state index in [0.29, 0.717) is 5.75 Å². The number of hydrogen-bond donors (Lipinski definition) is 1. The minimum Gasteiger partial charge on any atom is -0.497 e. The molecule has 0 saturated heterocycles. The van der Waals surface area contributed by atoms with E-state index in [1.165, 1.54) is 0 Å². The number of rotatable bonds is 4. The molecule has 88 valence electrons. The van der Waals surface area contributed by atoms with E-state index in [4.69, 9.17) is 15.2 Å². The molecule has 4 heteroatoms. The monoisotopic (exact) mass is 230 g/mol. The van der Waals surface area contributed by atoms with Crippen LogP contribution in [0.1, 0.15) is 0 Å². The summed E-state index contributed by atoms with van der Waals surface area (Å²) in [4.78, 5) is 4.29.